The lowest BCUT2D eigenvalue weighted by molar-refractivity contribution is 0.0599. The molecule has 0 atom stereocenters. The molecule has 2 aromatic rings. The Kier molecular flexibility index (Phi) is 4.55. The molecule has 1 N–H and O–H groups in total. The Bertz CT molecular complexity index is 707. The van der Waals surface area contributed by atoms with Gasteiger partial charge in [0, 0.05) is 24.0 Å². The summed E-state index contributed by atoms with van der Waals surface area (Å²) < 4.78 is 6.33. The molecule has 7 nitrogen and oxygen atoms in total. The monoisotopic (exact) mass is 302 g/mol. The van der Waals surface area contributed by atoms with Crippen LogP contribution in [0.3, 0.4) is 0 Å². The number of pyridine rings is 1. The number of methoxy groups -OCH3 is 1. The van der Waals surface area contributed by atoms with Crippen LogP contribution in [0.4, 0.5) is 5.82 Å². The molecule has 2 rings (SSSR count). The van der Waals surface area contributed by atoms with E-state index in [2.05, 4.69) is 15.4 Å². The first-order valence-corrected chi connectivity index (χ1v) is 6.84. The molecular weight excluding hydrogens is 284 g/mol. The molecule has 0 aliphatic heterocycles. The number of hydrogen-bond acceptors (Lipinski definition) is 5. The van der Waals surface area contributed by atoms with Crippen LogP contribution in [0.25, 0.3) is 0 Å². The SMILES string of the molecule is COC(=O)c1ccnc(NC(=O)c2ccnn2C(C)C)c1C. The van der Waals surface area contributed by atoms with Crippen molar-refractivity contribution in [2.75, 3.05) is 12.4 Å². The molecular formula is C15H18N4O3. The van der Waals surface area contributed by atoms with E-state index < -0.39 is 5.97 Å². The van der Waals surface area contributed by atoms with E-state index in [9.17, 15) is 9.59 Å². The molecule has 0 saturated heterocycles. The molecule has 0 saturated carbocycles. The van der Waals surface area contributed by atoms with Crippen molar-refractivity contribution >= 4 is 17.7 Å². The van der Waals surface area contributed by atoms with E-state index in [0.29, 0.717) is 22.6 Å². The number of esters is 1. The van der Waals surface area contributed by atoms with Gasteiger partial charge in [0.1, 0.15) is 11.5 Å². The quantitative estimate of drug-likeness (QED) is 0.875. The van der Waals surface area contributed by atoms with Gasteiger partial charge in [-0.2, -0.15) is 5.10 Å². The Balaban J connectivity index is 2.29. The molecule has 0 radical (unpaired) electrons. The fourth-order valence-corrected chi connectivity index (χ4v) is 2.07. The van der Waals surface area contributed by atoms with Crippen molar-refractivity contribution in [3.05, 3.63) is 41.3 Å². The Labute approximate surface area is 128 Å². The zero-order valence-corrected chi connectivity index (χ0v) is 13.0. The number of carbonyl (C=O) groups excluding carboxylic acids is 2. The molecule has 1 amide bonds. The highest BCUT2D eigenvalue weighted by atomic mass is 16.5. The average molecular weight is 302 g/mol. The van der Waals surface area contributed by atoms with Gasteiger partial charge in [-0.1, -0.05) is 0 Å². The van der Waals surface area contributed by atoms with Crippen molar-refractivity contribution in [2.45, 2.75) is 26.8 Å². The molecule has 0 spiro atoms. The first kappa shape index (κ1) is 15.7. The lowest BCUT2D eigenvalue weighted by atomic mass is 10.1. The third-order valence-corrected chi connectivity index (χ3v) is 3.23. The van der Waals surface area contributed by atoms with Gasteiger partial charge in [0.2, 0.25) is 0 Å². The summed E-state index contributed by atoms with van der Waals surface area (Å²) in [6, 6.07) is 3.25. The number of aromatic nitrogens is 3. The van der Waals surface area contributed by atoms with Crippen LogP contribution in [-0.2, 0) is 4.74 Å². The van der Waals surface area contributed by atoms with E-state index in [-0.39, 0.29) is 11.9 Å². The van der Waals surface area contributed by atoms with Crippen molar-refractivity contribution < 1.29 is 14.3 Å². The average Bonchev–Trinajstić information content (AvgIpc) is 2.98. The molecule has 0 aliphatic rings. The molecule has 2 aromatic heterocycles. The number of nitrogens with one attached hydrogen (secondary N) is 1. The van der Waals surface area contributed by atoms with E-state index >= 15 is 0 Å². The van der Waals surface area contributed by atoms with Gasteiger partial charge in [0.05, 0.1) is 12.7 Å². The second kappa shape index (κ2) is 6.38. The van der Waals surface area contributed by atoms with Crippen LogP contribution in [0, 0.1) is 6.92 Å². The smallest absolute Gasteiger partial charge is 0.338 e. The van der Waals surface area contributed by atoms with Gasteiger partial charge in [0.25, 0.3) is 5.91 Å². The highest BCUT2D eigenvalue weighted by Gasteiger charge is 2.18. The van der Waals surface area contributed by atoms with Crippen LogP contribution in [-0.4, -0.2) is 33.8 Å². The summed E-state index contributed by atoms with van der Waals surface area (Å²) in [4.78, 5) is 28.2. The van der Waals surface area contributed by atoms with Gasteiger partial charge in [-0.25, -0.2) is 9.78 Å². The number of carbonyl (C=O) groups is 2. The predicted molar refractivity (Wildman–Crippen MR) is 80.9 cm³/mol. The van der Waals surface area contributed by atoms with E-state index in [1.165, 1.54) is 13.3 Å². The van der Waals surface area contributed by atoms with E-state index in [0.717, 1.165) is 0 Å². The summed E-state index contributed by atoms with van der Waals surface area (Å²) in [5.74, 6) is -0.476. The topological polar surface area (TPSA) is 86.1 Å². The van der Waals surface area contributed by atoms with Gasteiger partial charge in [-0.15, -0.1) is 0 Å². The van der Waals surface area contributed by atoms with Gasteiger partial charge < -0.3 is 10.1 Å². The summed E-state index contributed by atoms with van der Waals surface area (Å²) in [5.41, 5.74) is 1.35. The number of rotatable bonds is 4. The third-order valence-electron chi connectivity index (χ3n) is 3.23. The number of amides is 1. The van der Waals surface area contributed by atoms with E-state index in [1.807, 2.05) is 13.8 Å². The van der Waals surface area contributed by atoms with E-state index in [1.54, 1.807) is 29.9 Å². The zero-order chi connectivity index (χ0) is 16.3. The lowest BCUT2D eigenvalue weighted by Crippen LogP contribution is -2.20. The maximum Gasteiger partial charge on any atom is 0.338 e. The molecule has 7 heteroatoms. The number of nitrogens with zero attached hydrogens (tertiary/aromatic N) is 3. The van der Waals surface area contributed by atoms with Crippen LogP contribution in [0.1, 0.15) is 46.3 Å². The van der Waals surface area contributed by atoms with Gasteiger partial charge >= 0.3 is 5.97 Å². The summed E-state index contributed by atoms with van der Waals surface area (Å²) in [5, 5.41) is 6.83. The third kappa shape index (κ3) is 2.98. The summed E-state index contributed by atoms with van der Waals surface area (Å²) >= 11 is 0. The minimum absolute atomic E-state index is 0.0613. The fourth-order valence-electron chi connectivity index (χ4n) is 2.07. The minimum atomic E-state index is -0.470. The number of hydrogen-bond donors (Lipinski definition) is 1. The predicted octanol–water partition coefficient (Wildman–Crippen LogP) is 2.21. The van der Waals surface area contributed by atoms with Crippen LogP contribution in [0.2, 0.25) is 0 Å². The minimum Gasteiger partial charge on any atom is -0.465 e. The van der Waals surface area contributed by atoms with Gasteiger partial charge in [-0.3, -0.25) is 9.48 Å². The van der Waals surface area contributed by atoms with Crippen molar-refractivity contribution in [1.82, 2.24) is 14.8 Å². The Morgan fingerprint density at radius 3 is 2.64 bits per heavy atom. The standard InChI is InChI=1S/C15H18N4O3/c1-9(2)19-12(6-8-17-19)14(20)18-13-10(3)11(5-7-16-13)15(21)22-4/h5-9H,1-4H3,(H,16,18,20). The maximum atomic E-state index is 12.4. The molecule has 0 fully saturated rings. The summed E-state index contributed by atoms with van der Waals surface area (Å²) in [6.07, 6.45) is 3.02. The highest BCUT2D eigenvalue weighted by molar-refractivity contribution is 6.03. The molecule has 0 bridgehead atoms. The Morgan fingerprint density at radius 2 is 2.00 bits per heavy atom. The second-order valence-corrected chi connectivity index (χ2v) is 5.03. The summed E-state index contributed by atoms with van der Waals surface area (Å²) in [6.45, 7) is 5.57. The molecule has 2 heterocycles. The number of anilines is 1. The van der Waals surface area contributed by atoms with Gasteiger partial charge in [-0.05, 0) is 32.9 Å². The first-order valence-electron chi connectivity index (χ1n) is 6.84. The Hall–Kier alpha value is -2.70. The molecule has 0 aliphatic carbocycles. The number of ether oxygens (including phenoxy) is 1. The highest BCUT2D eigenvalue weighted by Crippen LogP contribution is 2.18. The van der Waals surface area contributed by atoms with Crippen molar-refractivity contribution in [3.8, 4) is 0 Å². The van der Waals surface area contributed by atoms with Crippen LogP contribution < -0.4 is 5.32 Å². The van der Waals surface area contributed by atoms with Crippen LogP contribution in [0.15, 0.2) is 24.5 Å². The molecule has 0 unspecified atom stereocenters. The van der Waals surface area contributed by atoms with Gasteiger partial charge in [0.15, 0.2) is 0 Å². The largest absolute Gasteiger partial charge is 0.465 e. The second-order valence-electron chi connectivity index (χ2n) is 5.03. The summed E-state index contributed by atoms with van der Waals surface area (Å²) in [7, 11) is 1.31. The lowest BCUT2D eigenvalue weighted by Gasteiger charge is -2.12. The van der Waals surface area contributed by atoms with Crippen molar-refractivity contribution in [2.24, 2.45) is 0 Å². The van der Waals surface area contributed by atoms with Crippen molar-refractivity contribution in [3.63, 3.8) is 0 Å². The fraction of sp³-hybridized carbons (Fsp3) is 0.333. The van der Waals surface area contributed by atoms with Crippen LogP contribution in [0.5, 0.6) is 0 Å². The Morgan fingerprint density at radius 1 is 1.27 bits per heavy atom. The zero-order valence-electron chi connectivity index (χ0n) is 13.0. The first-order chi connectivity index (χ1) is 10.5. The normalized spacial score (nSPS) is 10.6. The van der Waals surface area contributed by atoms with E-state index in [4.69, 9.17) is 4.74 Å². The van der Waals surface area contributed by atoms with Crippen LogP contribution >= 0.6 is 0 Å². The molecule has 116 valence electrons. The van der Waals surface area contributed by atoms with Crippen molar-refractivity contribution in [1.29, 1.82) is 0 Å². The molecule has 0 aromatic carbocycles. The maximum absolute atomic E-state index is 12.4. The molecule has 22 heavy (non-hydrogen) atoms.